The van der Waals surface area contributed by atoms with Crippen molar-refractivity contribution in [1.82, 2.24) is 15.6 Å². The number of aryl methyl sites for hydroxylation is 1. The van der Waals surface area contributed by atoms with Gasteiger partial charge in [-0.05, 0) is 45.2 Å². The van der Waals surface area contributed by atoms with Crippen molar-refractivity contribution in [3.8, 4) is 0 Å². The van der Waals surface area contributed by atoms with Crippen LogP contribution in [0.4, 0.5) is 0 Å². The van der Waals surface area contributed by atoms with Gasteiger partial charge < -0.3 is 10.6 Å². The van der Waals surface area contributed by atoms with E-state index in [1.165, 1.54) is 0 Å². The second kappa shape index (κ2) is 6.33. The summed E-state index contributed by atoms with van der Waals surface area (Å²) in [6.07, 6.45) is 0. The summed E-state index contributed by atoms with van der Waals surface area (Å²) < 4.78 is 0.938. The van der Waals surface area contributed by atoms with Crippen LogP contribution in [0, 0.1) is 6.92 Å². The minimum Gasteiger partial charge on any atom is -0.350 e. The van der Waals surface area contributed by atoms with E-state index in [0.29, 0.717) is 12.1 Å². The number of hydrogen-bond acceptors (Lipinski definition) is 3. The van der Waals surface area contributed by atoms with E-state index in [-0.39, 0.29) is 11.9 Å². The van der Waals surface area contributed by atoms with E-state index in [0.717, 1.165) is 21.1 Å². The Balaban J connectivity index is 2.37. The van der Waals surface area contributed by atoms with E-state index in [1.54, 1.807) is 0 Å². The summed E-state index contributed by atoms with van der Waals surface area (Å²) >= 11 is 3.44. The normalized spacial score (nSPS) is 12.4. The van der Waals surface area contributed by atoms with Crippen molar-refractivity contribution in [3.05, 3.63) is 40.0 Å². The van der Waals surface area contributed by atoms with Crippen molar-refractivity contribution < 1.29 is 4.79 Å². The molecule has 5 heteroatoms. The highest BCUT2D eigenvalue weighted by molar-refractivity contribution is 9.10. The molecule has 1 atom stereocenters. The van der Waals surface area contributed by atoms with Gasteiger partial charge in [0, 0.05) is 28.1 Å². The summed E-state index contributed by atoms with van der Waals surface area (Å²) in [5.74, 6) is -0.0688. The first-order valence-electron chi connectivity index (χ1n) is 6.53. The fourth-order valence-electron chi connectivity index (χ4n) is 1.96. The highest BCUT2D eigenvalue weighted by Crippen LogP contribution is 2.22. The van der Waals surface area contributed by atoms with Gasteiger partial charge in [-0.2, -0.15) is 0 Å². The van der Waals surface area contributed by atoms with Crippen molar-refractivity contribution in [2.75, 3.05) is 13.6 Å². The Morgan fingerprint density at radius 2 is 2.15 bits per heavy atom. The van der Waals surface area contributed by atoms with Crippen LogP contribution in [0.3, 0.4) is 0 Å². The number of nitrogens with one attached hydrogen (secondary N) is 2. The third kappa shape index (κ3) is 3.35. The van der Waals surface area contributed by atoms with Gasteiger partial charge in [-0.1, -0.05) is 15.9 Å². The minimum absolute atomic E-state index is 0.0688. The number of carbonyl (C=O) groups is 1. The van der Waals surface area contributed by atoms with E-state index in [4.69, 9.17) is 0 Å². The molecule has 106 valence electrons. The second-order valence-electron chi connectivity index (χ2n) is 4.87. The van der Waals surface area contributed by atoms with Crippen LogP contribution in [0.25, 0.3) is 10.9 Å². The van der Waals surface area contributed by atoms with Gasteiger partial charge in [-0.15, -0.1) is 0 Å². The number of aromatic nitrogens is 1. The summed E-state index contributed by atoms with van der Waals surface area (Å²) in [7, 11) is 1.87. The van der Waals surface area contributed by atoms with Crippen LogP contribution in [-0.4, -0.2) is 30.5 Å². The van der Waals surface area contributed by atoms with E-state index < -0.39 is 0 Å². The first kappa shape index (κ1) is 14.9. The molecule has 0 fully saturated rings. The zero-order valence-corrected chi connectivity index (χ0v) is 13.4. The predicted molar refractivity (Wildman–Crippen MR) is 85.0 cm³/mol. The largest absolute Gasteiger partial charge is 0.350 e. The molecule has 0 bridgehead atoms. The molecule has 0 aliphatic carbocycles. The van der Waals surface area contributed by atoms with Crippen molar-refractivity contribution in [1.29, 1.82) is 0 Å². The maximum Gasteiger partial charge on any atom is 0.252 e. The smallest absolute Gasteiger partial charge is 0.252 e. The van der Waals surface area contributed by atoms with Crippen LogP contribution in [0.1, 0.15) is 23.0 Å². The maximum absolute atomic E-state index is 12.4. The second-order valence-corrected chi connectivity index (χ2v) is 5.79. The minimum atomic E-state index is -0.0688. The lowest BCUT2D eigenvalue weighted by molar-refractivity contribution is 0.0952. The summed E-state index contributed by atoms with van der Waals surface area (Å²) in [5, 5.41) is 6.90. The van der Waals surface area contributed by atoms with Crippen molar-refractivity contribution in [3.63, 3.8) is 0 Å². The highest BCUT2D eigenvalue weighted by atomic mass is 79.9. The first-order chi connectivity index (χ1) is 9.51. The van der Waals surface area contributed by atoms with Gasteiger partial charge in [-0.25, -0.2) is 0 Å². The molecule has 1 heterocycles. The number of benzene rings is 1. The Kier molecular flexibility index (Phi) is 4.73. The maximum atomic E-state index is 12.4. The van der Waals surface area contributed by atoms with Crippen LogP contribution < -0.4 is 10.6 Å². The molecule has 20 heavy (non-hydrogen) atoms. The molecule has 0 aliphatic heterocycles. The molecule has 0 saturated heterocycles. The molecule has 1 aromatic carbocycles. The molecule has 0 aliphatic rings. The molecule has 2 N–H and O–H groups in total. The molecule has 4 nitrogen and oxygen atoms in total. The summed E-state index contributed by atoms with van der Waals surface area (Å²) in [6, 6.07) is 7.84. The molecule has 1 amide bonds. The number of likely N-dealkylation sites (N-methyl/N-ethyl adjacent to an activating group) is 1. The number of nitrogens with zero attached hydrogens (tertiary/aromatic N) is 1. The van der Waals surface area contributed by atoms with E-state index >= 15 is 0 Å². The molecule has 0 radical (unpaired) electrons. The number of pyridine rings is 1. The Hall–Kier alpha value is -1.46. The van der Waals surface area contributed by atoms with Crippen LogP contribution in [0.15, 0.2) is 28.7 Å². The summed E-state index contributed by atoms with van der Waals surface area (Å²) in [6.45, 7) is 4.51. The topological polar surface area (TPSA) is 54.0 Å². The Bertz CT molecular complexity index is 642. The third-order valence-electron chi connectivity index (χ3n) is 3.21. The lowest BCUT2D eigenvalue weighted by Gasteiger charge is -2.13. The van der Waals surface area contributed by atoms with Crippen LogP contribution >= 0.6 is 15.9 Å². The third-order valence-corrected chi connectivity index (χ3v) is 3.70. The van der Waals surface area contributed by atoms with E-state index in [1.807, 2.05) is 45.2 Å². The van der Waals surface area contributed by atoms with Crippen LogP contribution in [-0.2, 0) is 0 Å². The first-order valence-corrected chi connectivity index (χ1v) is 7.33. The van der Waals surface area contributed by atoms with Crippen molar-refractivity contribution in [2.24, 2.45) is 0 Å². The molecule has 2 aromatic rings. The van der Waals surface area contributed by atoms with Crippen molar-refractivity contribution in [2.45, 2.75) is 19.9 Å². The SMILES string of the molecule is CNC(C)CNC(=O)c1cc(C)nc2ccc(Br)cc12. The van der Waals surface area contributed by atoms with Gasteiger partial charge in [0.15, 0.2) is 0 Å². The number of amides is 1. The van der Waals surface area contributed by atoms with Crippen LogP contribution in [0.2, 0.25) is 0 Å². The molecule has 1 aromatic heterocycles. The Morgan fingerprint density at radius 3 is 2.85 bits per heavy atom. The molecule has 0 saturated carbocycles. The Morgan fingerprint density at radius 1 is 1.40 bits per heavy atom. The Labute approximate surface area is 127 Å². The zero-order valence-electron chi connectivity index (χ0n) is 11.8. The van der Waals surface area contributed by atoms with Gasteiger partial charge in [0.25, 0.3) is 5.91 Å². The predicted octanol–water partition coefficient (Wildman–Crippen LogP) is 2.64. The fourth-order valence-corrected chi connectivity index (χ4v) is 2.32. The highest BCUT2D eigenvalue weighted by Gasteiger charge is 2.12. The monoisotopic (exact) mass is 335 g/mol. The zero-order chi connectivity index (χ0) is 14.7. The van der Waals surface area contributed by atoms with E-state index in [2.05, 4.69) is 31.5 Å². The number of carbonyl (C=O) groups excluding carboxylic acids is 1. The molecule has 2 rings (SSSR count). The molecule has 1 unspecified atom stereocenters. The van der Waals surface area contributed by atoms with E-state index in [9.17, 15) is 4.79 Å². The van der Waals surface area contributed by atoms with Gasteiger partial charge in [0.1, 0.15) is 0 Å². The molecular weight excluding hydrogens is 318 g/mol. The van der Waals surface area contributed by atoms with Gasteiger partial charge >= 0.3 is 0 Å². The number of rotatable bonds is 4. The average Bonchev–Trinajstić information content (AvgIpc) is 2.43. The van der Waals surface area contributed by atoms with Gasteiger partial charge in [-0.3, -0.25) is 9.78 Å². The number of hydrogen-bond donors (Lipinski definition) is 2. The molecular formula is C15H18BrN3O. The number of halogens is 1. The lowest BCUT2D eigenvalue weighted by atomic mass is 10.1. The average molecular weight is 336 g/mol. The standard InChI is InChI=1S/C15H18BrN3O/c1-9-6-13(15(20)18-8-10(2)17-3)12-7-11(16)4-5-14(12)19-9/h4-7,10,17H,8H2,1-3H3,(H,18,20). The fraction of sp³-hybridized carbons (Fsp3) is 0.333. The van der Waals surface area contributed by atoms with Crippen molar-refractivity contribution >= 4 is 32.7 Å². The van der Waals surface area contributed by atoms with Gasteiger partial charge in [0.05, 0.1) is 11.1 Å². The number of fused-ring (bicyclic) bond motifs is 1. The van der Waals surface area contributed by atoms with Crippen LogP contribution in [0.5, 0.6) is 0 Å². The lowest BCUT2D eigenvalue weighted by Crippen LogP contribution is -2.37. The summed E-state index contributed by atoms with van der Waals surface area (Å²) in [5.41, 5.74) is 2.34. The van der Waals surface area contributed by atoms with Gasteiger partial charge in [0.2, 0.25) is 0 Å². The summed E-state index contributed by atoms with van der Waals surface area (Å²) in [4.78, 5) is 16.8. The quantitative estimate of drug-likeness (QED) is 0.903. The molecule has 0 spiro atoms.